The van der Waals surface area contributed by atoms with Crippen LogP contribution >= 0.6 is 11.6 Å². The largest absolute Gasteiger partial charge is 0.388 e. The minimum Gasteiger partial charge on any atom is -0.388 e. The number of ether oxygens (including phenoxy) is 1. The number of nitrogens with zero attached hydrogens (tertiary/aromatic N) is 1. The van der Waals surface area contributed by atoms with Gasteiger partial charge in [0.25, 0.3) is 0 Å². The van der Waals surface area contributed by atoms with Crippen LogP contribution in [0, 0.1) is 17.2 Å². The first-order valence-corrected chi connectivity index (χ1v) is 7.87. The number of H-pyrrole nitrogens is 1. The van der Waals surface area contributed by atoms with Gasteiger partial charge >= 0.3 is 0 Å². The molecule has 0 spiro atoms. The summed E-state index contributed by atoms with van der Waals surface area (Å²) in [6.45, 7) is 5.50. The molecule has 0 saturated carbocycles. The van der Waals surface area contributed by atoms with E-state index < -0.39 is 11.9 Å². The van der Waals surface area contributed by atoms with E-state index in [-0.39, 0.29) is 10.4 Å². The highest BCUT2D eigenvalue weighted by Crippen LogP contribution is 2.46. The van der Waals surface area contributed by atoms with Crippen molar-refractivity contribution < 1.29 is 14.2 Å². The van der Waals surface area contributed by atoms with Gasteiger partial charge in [-0.05, 0) is 30.2 Å². The number of nitrogens with one attached hydrogen (secondary N) is 1. The fourth-order valence-corrected chi connectivity index (χ4v) is 3.57. The maximum atomic E-state index is 14.0. The van der Waals surface area contributed by atoms with Crippen molar-refractivity contribution >= 4 is 22.5 Å². The van der Waals surface area contributed by atoms with Crippen molar-refractivity contribution in [1.29, 1.82) is 0 Å². The molecule has 1 aliphatic heterocycles. The number of aromatic amines is 1. The Kier molecular flexibility index (Phi) is 4.14. The molecule has 1 aliphatic rings. The third-order valence-corrected chi connectivity index (χ3v) is 5.20. The standard InChI is InChI=1S/C16H20ClFN2O2/c1-16(2,9-3-5-22-6-4-9)15(21)10-7-12(17)13(18)11-8-19-20-14(10)11/h7-9,15,21H,3-6H2,1-2H3,(H,19,20). The maximum absolute atomic E-state index is 14.0. The maximum Gasteiger partial charge on any atom is 0.152 e. The molecule has 2 heterocycles. The molecule has 120 valence electrons. The lowest BCUT2D eigenvalue weighted by molar-refractivity contribution is -0.0432. The van der Waals surface area contributed by atoms with Crippen molar-refractivity contribution in [2.45, 2.75) is 32.8 Å². The van der Waals surface area contributed by atoms with Gasteiger partial charge < -0.3 is 9.84 Å². The Hall–Kier alpha value is -1.17. The summed E-state index contributed by atoms with van der Waals surface area (Å²) in [4.78, 5) is 0. The molecule has 0 radical (unpaired) electrons. The molecule has 1 aromatic carbocycles. The van der Waals surface area contributed by atoms with Crippen LogP contribution in [0.25, 0.3) is 10.9 Å². The van der Waals surface area contributed by atoms with Gasteiger partial charge in [0, 0.05) is 18.8 Å². The van der Waals surface area contributed by atoms with Gasteiger partial charge in [-0.3, -0.25) is 5.10 Å². The summed E-state index contributed by atoms with van der Waals surface area (Å²) >= 11 is 5.98. The Morgan fingerprint density at radius 3 is 2.82 bits per heavy atom. The van der Waals surface area contributed by atoms with Gasteiger partial charge in [-0.2, -0.15) is 5.10 Å². The predicted octanol–water partition coefficient (Wildman–Crippen LogP) is 3.84. The van der Waals surface area contributed by atoms with Gasteiger partial charge in [-0.15, -0.1) is 0 Å². The zero-order chi connectivity index (χ0) is 15.9. The van der Waals surface area contributed by atoms with Crippen LogP contribution in [0.4, 0.5) is 4.39 Å². The van der Waals surface area contributed by atoms with Gasteiger partial charge in [0.2, 0.25) is 0 Å². The van der Waals surface area contributed by atoms with Crippen molar-refractivity contribution in [2.75, 3.05) is 13.2 Å². The summed E-state index contributed by atoms with van der Waals surface area (Å²) < 4.78 is 19.4. The third kappa shape index (κ3) is 2.51. The Morgan fingerprint density at radius 1 is 1.45 bits per heavy atom. The summed E-state index contributed by atoms with van der Waals surface area (Å²) in [5.74, 6) is -0.178. The Bertz CT molecular complexity index is 680. The molecule has 4 nitrogen and oxygen atoms in total. The van der Waals surface area contributed by atoms with Gasteiger partial charge in [0.15, 0.2) is 5.82 Å². The molecular formula is C16H20ClFN2O2. The van der Waals surface area contributed by atoms with E-state index in [4.69, 9.17) is 16.3 Å². The summed E-state index contributed by atoms with van der Waals surface area (Å²) in [6, 6.07) is 1.50. The SMILES string of the molecule is CC(C)(C1CCOCC1)C(O)c1cc(Cl)c(F)c2cn[nH]c12. The predicted molar refractivity (Wildman–Crippen MR) is 83.3 cm³/mol. The molecule has 1 unspecified atom stereocenters. The number of aromatic nitrogens is 2. The molecule has 22 heavy (non-hydrogen) atoms. The molecule has 2 aromatic rings. The first-order chi connectivity index (χ1) is 10.4. The first-order valence-electron chi connectivity index (χ1n) is 7.49. The molecule has 0 amide bonds. The smallest absolute Gasteiger partial charge is 0.152 e. The van der Waals surface area contributed by atoms with Crippen molar-refractivity contribution in [1.82, 2.24) is 10.2 Å². The summed E-state index contributed by atoms with van der Waals surface area (Å²) in [5.41, 5.74) is 0.730. The number of fused-ring (bicyclic) bond motifs is 1. The zero-order valence-corrected chi connectivity index (χ0v) is 13.5. The second-order valence-electron chi connectivity index (χ2n) is 6.53. The average molecular weight is 327 g/mol. The normalized spacial score (nSPS) is 18.8. The molecule has 3 rings (SSSR count). The molecular weight excluding hydrogens is 307 g/mol. The van der Waals surface area contributed by atoms with E-state index in [0.29, 0.717) is 35.6 Å². The highest BCUT2D eigenvalue weighted by molar-refractivity contribution is 6.31. The van der Waals surface area contributed by atoms with Crippen molar-refractivity contribution in [3.05, 3.63) is 28.7 Å². The number of aliphatic hydroxyl groups is 1. The quantitative estimate of drug-likeness (QED) is 0.901. The molecule has 1 fully saturated rings. The van der Waals surface area contributed by atoms with Gasteiger partial charge in [-0.1, -0.05) is 25.4 Å². The van der Waals surface area contributed by atoms with Crippen molar-refractivity contribution in [2.24, 2.45) is 11.3 Å². The van der Waals surface area contributed by atoms with Crippen LogP contribution < -0.4 is 0 Å². The molecule has 0 bridgehead atoms. The zero-order valence-electron chi connectivity index (χ0n) is 12.7. The fourth-order valence-electron chi connectivity index (χ4n) is 3.35. The van der Waals surface area contributed by atoms with Gasteiger partial charge in [-0.25, -0.2) is 4.39 Å². The molecule has 1 atom stereocenters. The molecule has 6 heteroatoms. The lowest BCUT2D eigenvalue weighted by atomic mass is 9.69. The second-order valence-corrected chi connectivity index (χ2v) is 6.94. The molecule has 0 aliphatic carbocycles. The number of hydrogen-bond donors (Lipinski definition) is 2. The van der Waals surface area contributed by atoms with Crippen LogP contribution in [-0.2, 0) is 4.74 Å². The number of benzene rings is 1. The second kappa shape index (κ2) is 5.80. The van der Waals surface area contributed by atoms with Gasteiger partial charge in [0.05, 0.1) is 28.2 Å². The highest BCUT2D eigenvalue weighted by atomic mass is 35.5. The Labute approximate surface area is 133 Å². The fraction of sp³-hybridized carbons (Fsp3) is 0.562. The number of rotatable bonds is 3. The number of aliphatic hydroxyl groups excluding tert-OH is 1. The van der Waals surface area contributed by atoms with E-state index in [1.165, 1.54) is 12.3 Å². The van der Waals surface area contributed by atoms with E-state index in [0.717, 1.165) is 12.8 Å². The number of hydrogen-bond acceptors (Lipinski definition) is 3. The lowest BCUT2D eigenvalue weighted by Crippen LogP contribution is -2.35. The minimum atomic E-state index is -0.767. The van der Waals surface area contributed by atoms with E-state index in [1.807, 2.05) is 13.8 Å². The van der Waals surface area contributed by atoms with E-state index in [9.17, 15) is 9.50 Å². The van der Waals surface area contributed by atoms with E-state index >= 15 is 0 Å². The lowest BCUT2D eigenvalue weighted by Gasteiger charge is -2.40. The van der Waals surface area contributed by atoms with Crippen molar-refractivity contribution in [3.8, 4) is 0 Å². The number of halogens is 2. The van der Waals surface area contributed by atoms with Crippen LogP contribution in [0.5, 0.6) is 0 Å². The minimum absolute atomic E-state index is 0.00530. The van der Waals surface area contributed by atoms with Crippen LogP contribution in [-0.4, -0.2) is 28.5 Å². The topological polar surface area (TPSA) is 58.1 Å². The average Bonchev–Trinajstić information content (AvgIpc) is 3.01. The van der Waals surface area contributed by atoms with Crippen LogP contribution in [0.1, 0.15) is 38.4 Å². The van der Waals surface area contributed by atoms with E-state index in [1.54, 1.807) is 0 Å². The van der Waals surface area contributed by atoms with Crippen LogP contribution in [0.3, 0.4) is 0 Å². The Morgan fingerprint density at radius 2 is 2.14 bits per heavy atom. The summed E-state index contributed by atoms with van der Waals surface area (Å²) in [5, 5.41) is 17.9. The van der Waals surface area contributed by atoms with Gasteiger partial charge in [0.1, 0.15) is 0 Å². The van der Waals surface area contributed by atoms with Crippen LogP contribution in [0.2, 0.25) is 5.02 Å². The third-order valence-electron chi connectivity index (χ3n) is 4.93. The van der Waals surface area contributed by atoms with Crippen molar-refractivity contribution in [3.63, 3.8) is 0 Å². The molecule has 1 saturated heterocycles. The molecule has 1 aromatic heterocycles. The summed E-state index contributed by atoms with van der Waals surface area (Å²) in [6.07, 6.45) is 2.45. The monoisotopic (exact) mass is 326 g/mol. The molecule has 2 N–H and O–H groups in total. The summed E-state index contributed by atoms with van der Waals surface area (Å²) in [7, 11) is 0. The van der Waals surface area contributed by atoms with E-state index in [2.05, 4.69) is 10.2 Å². The van der Waals surface area contributed by atoms with Crippen LogP contribution in [0.15, 0.2) is 12.3 Å². The highest BCUT2D eigenvalue weighted by Gasteiger charge is 2.39. The Balaban J connectivity index is 2.02. The first kappa shape index (κ1) is 15.7.